The molecule has 0 spiro atoms. The summed E-state index contributed by atoms with van der Waals surface area (Å²) < 4.78 is 5.17. The number of unbranched alkanes of at least 4 members (excludes halogenated alkanes) is 4. The average molecular weight is 255 g/mol. The Morgan fingerprint density at radius 1 is 1.24 bits per heavy atom. The Morgan fingerprint density at radius 3 is 2.71 bits per heavy atom. The molecule has 1 rings (SSSR count). The largest absolute Gasteiger partial charge is 0.462 e. The van der Waals surface area contributed by atoms with Crippen molar-refractivity contribution in [1.29, 1.82) is 0 Å². The molecule has 0 saturated heterocycles. The third-order valence-electron chi connectivity index (χ3n) is 2.54. The van der Waals surface area contributed by atoms with Gasteiger partial charge in [-0.25, -0.2) is 4.79 Å². The molecule has 17 heavy (non-hydrogen) atoms. The molecule has 0 radical (unpaired) electrons. The van der Waals surface area contributed by atoms with Crippen LogP contribution in [0.1, 0.15) is 49.4 Å². The van der Waals surface area contributed by atoms with Gasteiger partial charge in [0.05, 0.1) is 12.2 Å². The fraction of sp³-hybridized carbons (Fsp3) is 0.500. The van der Waals surface area contributed by atoms with Crippen molar-refractivity contribution in [3.8, 4) is 0 Å². The minimum absolute atomic E-state index is 0.289. The third-order valence-corrected chi connectivity index (χ3v) is 2.78. The zero-order valence-electron chi connectivity index (χ0n) is 10.2. The number of rotatable bonds is 7. The molecular weight excluding hydrogens is 236 g/mol. The van der Waals surface area contributed by atoms with Gasteiger partial charge in [0.25, 0.3) is 0 Å². The summed E-state index contributed by atoms with van der Waals surface area (Å²) in [6.45, 7) is 2.67. The predicted octanol–water partition coefficient (Wildman–Crippen LogP) is 4.47. The summed E-state index contributed by atoms with van der Waals surface area (Å²) in [7, 11) is 0. The van der Waals surface area contributed by atoms with Gasteiger partial charge in [-0.15, -0.1) is 0 Å². The van der Waals surface area contributed by atoms with Crippen molar-refractivity contribution in [2.24, 2.45) is 0 Å². The second-order valence-corrected chi connectivity index (χ2v) is 4.50. The molecule has 0 N–H and O–H groups in total. The Hall–Kier alpha value is -1.02. The minimum Gasteiger partial charge on any atom is -0.462 e. The standard InChI is InChI=1S/C14H19ClO2/c1-2-3-4-5-6-10-17-14(16)12-8-7-9-13(15)11-12/h7-9,11H,2-6,10H2,1H3. The van der Waals surface area contributed by atoms with Crippen molar-refractivity contribution in [3.05, 3.63) is 34.9 Å². The highest BCUT2D eigenvalue weighted by atomic mass is 35.5. The van der Waals surface area contributed by atoms with Gasteiger partial charge < -0.3 is 4.74 Å². The zero-order chi connectivity index (χ0) is 12.5. The minimum atomic E-state index is -0.289. The first-order chi connectivity index (χ1) is 8.24. The second-order valence-electron chi connectivity index (χ2n) is 4.06. The first kappa shape index (κ1) is 14.0. The van der Waals surface area contributed by atoms with E-state index in [9.17, 15) is 4.79 Å². The number of esters is 1. The van der Waals surface area contributed by atoms with Crippen LogP contribution < -0.4 is 0 Å². The van der Waals surface area contributed by atoms with Crippen LogP contribution in [0.15, 0.2) is 24.3 Å². The Morgan fingerprint density at radius 2 is 2.00 bits per heavy atom. The molecule has 3 heteroatoms. The first-order valence-electron chi connectivity index (χ1n) is 6.16. The molecule has 0 unspecified atom stereocenters. The Kier molecular flexibility index (Phi) is 6.71. The molecule has 2 nitrogen and oxygen atoms in total. The highest BCUT2D eigenvalue weighted by Crippen LogP contribution is 2.12. The van der Waals surface area contributed by atoms with E-state index in [2.05, 4.69) is 6.92 Å². The quantitative estimate of drug-likeness (QED) is 0.530. The number of carbonyl (C=O) groups excluding carboxylic acids is 1. The number of ether oxygens (including phenoxy) is 1. The molecule has 0 atom stereocenters. The Bertz CT molecular complexity index is 350. The monoisotopic (exact) mass is 254 g/mol. The third kappa shape index (κ3) is 5.73. The zero-order valence-corrected chi connectivity index (χ0v) is 11.0. The molecule has 0 aliphatic heterocycles. The van der Waals surface area contributed by atoms with Crippen molar-refractivity contribution >= 4 is 17.6 Å². The lowest BCUT2D eigenvalue weighted by Gasteiger charge is -2.04. The van der Waals surface area contributed by atoms with E-state index < -0.39 is 0 Å². The van der Waals surface area contributed by atoms with Crippen molar-refractivity contribution in [2.45, 2.75) is 39.0 Å². The lowest BCUT2D eigenvalue weighted by atomic mass is 10.2. The van der Waals surface area contributed by atoms with Crippen LogP contribution in [0.2, 0.25) is 5.02 Å². The van der Waals surface area contributed by atoms with Crippen LogP contribution >= 0.6 is 11.6 Å². The van der Waals surface area contributed by atoms with Crippen LogP contribution in [0.3, 0.4) is 0 Å². The van der Waals surface area contributed by atoms with Gasteiger partial charge in [-0.2, -0.15) is 0 Å². The summed E-state index contributed by atoms with van der Waals surface area (Å²) in [4.78, 5) is 11.6. The molecule has 94 valence electrons. The maximum atomic E-state index is 11.6. The molecule has 0 aliphatic rings. The number of hydrogen-bond donors (Lipinski definition) is 0. The van der Waals surface area contributed by atoms with E-state index in [4.69, 9.17) is 16.3 Å². The van der Waals surface area contributed by atoms with Crippen LogP contribution in [0, 0.1) is 0 Å². The SMILES string of the molecule is CCCCCCCOC(=O)c1cccc(Cl)c1. The topological polar surface area (TPSA) is 26.3 Å². The molecule has 1 aromatic rings. The van der Waals surface area contributed by atoms with Crippen molar-refractivity contribution in [1.82, 2.24) is 0 Å². The number of benzene rings is 1. The van der Waals surface area contributed by atoms with Gasteiger partial charge in [-0.3, -0.25) is 0 Å². The lowest BCUT2D eigenvalue weighted by Crippen LogP contribution is -2.06. The first-order valence-corrected chi connectivity index (χ1v) is 6.54. The fourth-order valence-corrected chi connectivity index (χ4v) is 1.76. The Balaban J connectivity index is 2.21. The van der Waals surface area contributed by atoms with E-state index in [-0.39, 0.29) is 5.97 Å². The second kappa shape index (κ2) is 8.13. The highest BCUT2D eigenvalue weighted by molar-refractivity contribution is 6.30. The van der Waals surface area contributed by atoms with Crippen LogP contribution in [-0.4, -0.2) is 12.6 Å². The van der Waals surface area contributed by atoms with Gasteiger partial charge in [-0.05, 0) is 24.6 Å². The summed E-state index contributed by atoms with van der Waals surface area (Å²) >= 11 is 5.80. The molecule has 0 heterocycles. The molecule has 0 bridgehead atoms. The van der Waals surface area contributed by atoms with Gasteiger partial charge in [0.2, 0.25) is 0 Å². The van der Waals surface area contributed by atoms with Gasteiger partial charge >= 0.3 is 5.97 Å². The normalized spacial score (nSPS) is 10.2. The highest BCUT2D eigenvalue weighted by Gasteiger charge is 2.06. The van der Waals surface area contributed by atoms with Gasteiger partial charge in [0, 0.05) is 5.02 Å². The van der Waals surface area contributed by atoms with Crippen molar-refractivity contribution < 1.29 is 9.53 Å². The maximum absolute atomic E-state index is 11.6. The van der Waals surface area contributed by atoms with Crippen molar-refractivity contribution in [2.75, 3.05) is 6.61 Å². The van der Waals surface area contributed by atoms with Gasteiger partial charge in [0.1, 0.15) is 0 Å². The number of halogens is 1. The van der Waals surface area contributed by atoms with E-state index in [1.54, 1.807) is 24.3 Å². The van der Waals surface area contributed by atoms with E-state index in [0.717, 1.165) is 12.8 Å². The van der Waals surface area contributed by atoms with Crippen LogP contribution in [0.25, 0.3) is 0 Å². The molecular formula is C14H19ClO2. The summed E-state index contributed by atoms with van der Waals surface area (Å²) in [5.74, 6) is -0.289. The molecule has 1 aromatic carbocycles. The fourth-order valence-electron chi connectivity index (χ4n) is 1.57. The van der Waals surface area contributed by atoms with Gasteiger partial charge in [0.15, 0.2) is 0 Å². The Labute approximate surface area is 108 Å². The van der Waals surface area contributed by atoms with Gasteiger partial charge in [-0.1, -0.05) is 50.3 Å². The van der Waals surface area contributed by atoms with E-state index in [0.29, 0.717) is 17.2 Å². The van der Waals surface area contributed by atoms with E-state index in [1.807, 2.05) is 0 Å². The summed E-state index contributed by atoms with van der Waals surface area (Å²) in [6, 6.07) is 6.83. The maximum Gasteiger partial charge on any atom is 0.338 e. The molecule has 0 amide bonds. The summed E-state index contributed by atoms with van der Waals surface area (Å²) in [5.41, 5.74) is 0.519. The molecule has 0 aromatic heterocycles. The van der Waals surface area contributed by atoms with Crippen LogP contribution in [0.4, 0.5) is 0 Å². The summed E-state index contributed by atoms with van der Waals surface area (Å²) in [6.07, 6.45) is 5.75. The summed E-state index contributed by atoms with van der Waals surface area (Å²) in [5, 5.41) is 0.558. The predicted molar refractivity (Wildman–Crippen MR) is 70.5 cm³/mol. The smallest absolute Gasteiger partial charge is 0.338 e. The van der Waals surface area contributed by atoms with E-state index >= 15 is 0 Å². The van der Waals surface area contributed by atoms with Crippen LogP contribution in [-0.2, 0) is 4.74 Å². The average Bonchev–Trinajstić information content (AvgIpc) is 2.33. The lowest BCUT2D eigenvalue weighted by molar-refractivity contribution is 0.0497. The molecule has 0 saturated carbocycles. The van der Waals surface area contributed by atoms with Crippen molar-refractivity contribution in [3.63, 3.8) is 0 Å². The number of hydrogen-bond acceptors (Lipinski definition) is 2. The molecule has 0 fully saturated rings. The van der Waals surface area contributed by atoms with Crippen LogP contribution in [0.5, 0.6) is 0 Å². The number of carbonyl (C=O) groups is 1. The van der Waals surface area contributed by atoms with E-state index in [1.165, 1.54) is 19.3 Å². The molecule has 0 aliphatic carbocycles.